The molecule has 0 spiro atoms. The molecule has 0 fully saturated rings. The molecule has 0 atom stereocenters. The molecular formula is C14H15F3N2O2S. The maximum absolute atomic E-state index is 12.6. The topological polar surface area (TPSA) is 47.3 Å². The summed E-state index contributed by atoms with van der Waals surface area (Å²) >= 11 is 1.43. The van der Waals surface area contributed by atoms with Gasteiger partial charge in [-0.2, -0.15) is 13.2 Å². The summed E-state index contributed by atoms with van der Waals surface area (Å²) in [6.07, 6.45) is -1.05. The van der Waals surface area contributed by atoms with E-state index in [9.17, 15) is 13.2 Å². The molecule has 1 aromatic heterocycles. The number of aromatic nitrogens is 2. The lowest BCUT2D eigenvalue weighted by atomic mass is 10.2. The van der Waals surface area contributed by atoms with Gasteiger partial charge in [-0.1, -0.05) is 11.8 Å². The van der Waals surface area contributed by atoms with Crippen LogP contribution in [0.25, 0.3) is 5.69 Å². The highest BCUT2D eigenvalue weighted by atomic mass is 32.2. The molecule has 0 saturated heterocycles. The monoisotopic (exact) mass is 332 g/mol. The van der Waals surface area contributed by atoms with Gasteiger partial charge in [0.1, 0.15) is 0 Å². The highest BCUT2D eigenvalue weighted by Crippen LogP contribution is 2.30. The van der Waals surface area contributed by atoms with E-state index in [1.807, 2.05) is 0 Å². The molecule has 0 aliphatic carbocycles. The zero-order valence-corrected chi connectivity index (χ0v) is 12.4. The number of rotatable bonds is 7. The normalized spacial score (nSPS) is 11.8. The fraction of sp³-hybridized carbons (Fsp3) is 0.357. The van der Waals surface area contributed by atoms with Crippen LogP contribution in [0.5, 0.6) is 0 Å². The first-order chi connectivity index (χ1) is 10.5. The third kappa shape index (κ3) is 4.49. The van der Waals surface area contributed by atoms with Gasteiger partial charge in [-0.05, 0) is 24.3 Å². The number of aliphatic hydroxyl groups is 1. The van der Waals surface area contributed by atoms with Crippen LogP contribution in [0.2, 0.25) is 0 Å². The fourth-order valence-electron chi connectivity index (χ4n) is 1.76. The smallest absolute Gasteiger partial charge is 0.394 e. The molecule has 22 heavy (non-hydrogen) atoms. The molecular weight excluding hydrogens is 317 g/mol. The molecule has 4 nitrogen and oxygen atoms in total. The van der Waals surface area contributed by atoms with Crippen LogP contribution in [-0.2, 0) is 10.9 Å². The van der Waals surface area contributed by atoms with E-state index in [-0.39, 0.29) is 13.2 Å². The van der Waals surface area contributed by atoms with Gasteiger partial charge in [0.15, 0.2) is 5.16 Å². The molecule has 0 radical (unpaired) electrons. The van der Waals surface area contributed by atoms with Crippen molar-refractivity contribution >= 4 is 11.8 Å². The maximum Gasteiger partial charge on any atom is 0.416 e. The largest absolute Gasteiger partial charge is 0.416 e. The molecule has 0 amide bonds. The Morgan fingerprint density at radius 1 is 1.18 bits per heavy atom. The number of hydrogen-bond donors (Lipinski definition) is 1. The summed E-state index contributed by atoms with van der Waals surface area (Å²) in [5.74, 6) is 0.637. The van der Waals surface area contributed by atoms with Gasteiger partial charge < -0.3 is 9.84 Å². The van der Waals surface area contributed by atoms with Gasteiger partial charge in [0.2, 0.25) is 0 Å². The molecule has 0 saturated carbocycles. The average molecular weight is 332 g/mol. The van der Waals surface area contributed by atoms with Gasteiger partial charge in [0.05, 0.1) is 25.4 Å². The van der Waals surface area contributed by atoms with Crippen molar-refractivity contribution in [3.8, 4) is 5.69 Å². The van der Waals surface area contributed by atoms with Gasteiger partial charge in [0.25, 0.3) is 0 Å². The lowest BCUT2D eigenvalue weighted by Gasteiger charge is -2.10. The first kappa shape index (κ1) is 16.9. The second kappa shape index (κ2) is 7.66. The maximum atomic E-state index is 12.6. The number of benzene rings is 1. The van der Waals surface area contributed by atoms with E-state index in [0.717, 1.165) is 12.1 Å². The molecule has 0 aliphatic heterocycles. The molecule has 1 N–H and O–H groups in total. The lowest BCUT2D eigenvalue weighted by Crippen LogP contribution is -2.05. The van der Waals surface area contributed by atoms with Crippen LogP contribution in [0, 0.1) is 0 Å². The minimum Gasteiger partial charge on any atom is -0.394 e. The van der Waals surface area contributed by atoms with Crippen molar-refractivity contribution in [2.45, 2.75) is 11.3 Å². The van der Waals surface area contributed by atoms with E-state index in [0.29, 0.717) is 23.2 Å². The van der Waals surface area contributed by atoms with Crippen molar-refractivity contribution in [1.29, 1.82) is 0 Å². The summed E-state index contributed by atoms with van der Waals surface area (Å²) < 4.78 is 44.5. The molecule has 0 aliphatic rings. The molecule has 1 aromatic carbocycles. The van der Waals surface area contributed by atoms with Crippen molar-refractivity contribution in [3.05, 3.63) is 42.2 Å². The highest BCUT2D eigenvalue weighted by Gasteiger charge is 2.30. The summed E-state index contributed by atoms with van der Waals surface area (Å²) in [4.78, 5) is 4.18. The van der Waals surface area contributed by atoms with E-state index in [1.54, 1.807) is 17.0 Å². The summed E-state index contributed by atoms with van der Waals surface area (Å²) in [5, 5.41) is 9.27. The van der Waals surface area contributed by atoms with Gasteiger partial charge >= 0.3 is 6.18 Å². The summed E-state index contributed by atoms with van der Waals surface area (Å²) in [6.45, 7) is 0.726. The van der Waals surface area contributed by atoms with Gasteiger partial charge in [0, 0.05) is 23.8 Å². The van der Waals surface area contributed by atoms with E-state index in [1.165, 1.54) is 23.9 Å². The van der Waals surface area contributed by atoms with Gasteiger partial charge in [-0.3, -0.25) is 4.57 Å². The summed E-state index contributed by atoms with van der Waals surface area (Å²) in [6, 6.07) is 4.93. The van der Waals surface area contributed by atoms with Crippen LogP contribution in [0.4, 0.5) is 13.2 Å². The van der Waals surface area contributed by atoms with Crippen LogP contribution in [0.15, 0.2) is 41.8 Å². The van der Waals surface area contributed by atoms with E-state index in [2.05, 4.69) is 4.98 Å². The Morgan fingerprint density at radius 3 is 2.55 bits per heavy atom. The Labute approximate surface area is 129 Å². The molecule has 2 rings (SSSR count). The van der Waals surface area contributed by atoms with E-state index >= 15 is 0 Å². The van der Waals surface area contributed by atoms with Crippen LogP contribution >= 0.6 is 11.8 Å². The number of hydrogen-bond acceptors (Lipinski definition) is 4. The van der Waals surface area contributed by atoms with Crippen LogP contribution < -0.4 is 0 Å². The lowest BCUT2D eigenvalue weighted by molar-refractivity contribution is -0.137. The SMILES string of the molecule is OCCOCCSc1nccn1-c1ccc(C(F)(F)F)cc1. The van der Waals surface area contributed by atoms with Gasteiger partial charge in [-0.25, -0.2) is 4.98 Å². The second-order valence-electron chi connectivity index (χ2n) is 4.31. The molecule has 0 unspecified atom stereocenters. The molecule has 120 valence electrons. The minimum atomic E-state index is -4.34. The predicted octanol–water partition coefficient (Wildman–Crippen LogP) is 2.99. The number of alkyl halides is 3. The number of halogens is 3. The van der Waals surface area contributed by atoms with Crippen molar-refractivity contribution in [2.24, 2.45) is 0 Å². The quantitative estimate of drug-likeness (QED) is 0.625. The predicted molar refractivity (Wildman–Crippen MR) is 77.2 cm³/mol. The first-order valence-corrected chi connectivity index (χ1v) is 7.53. The van der Waals surface area contributed by atoms with E-state index < -0.39 is 11.7 Å². The van der Waals surface area contributed by atoms with Crippen molar-refractivity contribution in [1.82, 2.24) is 9.55 Å². The first-order valence-electron chi connectivity index (χ1n) is 6.55. The molecule has 0 bridgehead atoms. The second-order valence-corrected chi connectivity index (χ2v) is 5.37. The number of aliphatic hydroxyl groups excluding tert-OH is 1. The molecule has 1 heterocycles. The Hall–Kier alpha value is -1.51. The van der Waals surface area contributed by atoms with Crippen molar-refractivity contribution < 1.29 is 23.0 Å². The van der Waals surface area contributed by atoms with Crippen LogP contribution in [0.1, 0.15) is 5.56 Å². The van der Waals surface area contributed by atoms with Crippen LogP contribution in [0.3, 0.4) is 0 Å². The number of thioether (sulfide) groups is 1. The van der Waals surface area contributed by atoms with Crippen LogP contribution in [-0.4, -0.2) is 40.2 Å². The Morgan fingerprint density at radius 2 is 1.91 bits per heavy atom. The third-order valence-electron chi connectivity index (χ3n) is 2.77. The summed E-state index contributed by atoms with van der Waals surface area (Å²) in [7, 11) is 0. The number of imidazole rings is 1. The number of ether oxygens (including phenoxy) is 1. The Bertz CT molecular complexity index is 585. The Balaban J connectivity index is 2.02. The molecule has 8 heteroatoms. The average Bonchev–Trinajstić information content (AvgIpc) is 2.95. The molecule has 2 aromatic rings. The zero-order valence-electron chi connectivity index (χ0n) is 11.6. The number of nitrogens with zero attached hydrogens (tertiary/aromatic N) is 2. The fourth-order valence-corrected chi connectivity index (χ4v) is 2.59. The van der Waals surface area contributed by atoms with Gasteiger partial charge in [-0.15, -0.1) is 0 Å². The van der Waals surface area contributed by atoms with Crippen molar-refractivity contribution in [3.63, 3.8) is 0 Å². The summed E-state index contributed by atoms with van der Waals surface area (Å²) in [5.41, 5.74) is -0.0627. The van der Waals surface area contributed by atoms with Crippen molar-refractivity contribution in [2.75, 3.05) is 25.6 Å². The minimum absolute atomic E-state index is 0.0230. The zero-order chi connectivity index (χ0) is 16.0. The van der Waals surface area contributed by atoms with E-state index in [4.69, 9.17) is 9.84 Å². The third-order valence-corrected chi connectivity index (χ3v) is 3.71. The standard InChI is InChI=1S/C14H15F3N2O2S/c15-14(16,17)11-1-3-12(4-2-11)19-6-5-18-13(19)22-10-9-21-8-7-20/h1-6,20H,7-10H2. The highest BCUT2D eigenvalue weighted by molar-refractivity contribution is 7.99. The Kier molecular flexibility index (Phi) is 5.87.